The van der Waals surface area contributed by atoms with E-state index in [-0.39, 0.29) is 0 Å². The third-order valence-corrected chi connectivity index (χ3v) is 3.41. The molecule has 0 aliphatic heterocycles. The second-order valence-corrected chi connectivity index (χ2v) is 6.66. The minimum Gasteiger partial charge on any atom is -0.0620 e. The smallest absolute Gasteiger partial charge is 0.00231 e. The van der Waals surface area contributed by atoms with Gasteiger partial charge in [-0.05, 0) is 47.4 Å². The van der Waals surface area contributed by atoms with Gasteiger partial charge in [-0.2, -0.15) is 0 Å². The summed E-state index contributed by atoms with van der Waals surface area (Å²) in [5.41, 5.74) is 5.98. The van der Waals surface area contributed by atoms with Crippen molar-refractivity contribution >= 4 is 0 Å². The molecule has 0 fully saturated rings. The van der Waals surface area contributed by atoms with Gasteiger partial charge >= 0.3 is 0 Å². The van der Waals surface area contributed by atoms with E-state index in [1.54, 1.807) is 0 Å². The molecule has 0 atom stereocenters. The lowest BCUT2D eigenvalue weighted by Crippen LogP contribution is -2.08. The molecule has 0 aliphatic rings. The van der Waals surface area contributed by atoms with Crippen molar-refractivity contribution in [3.8, 4) is 0 Å². The fourth-order valence-electron chi connectivity index (χ4n) is 2.42. The number of hydrogen-bond acceptors (Lipinski definition) is 0. The number of benzene rings is 2. The largest absolute Gasteiger partial charge is 0.0620 e. The summed E-state index contributed by atoms with van der Waals surface area (Å²) in [5, 5.41) is 0. The Morgan fingerprint density at radius 2 is 1.37 bits per heavy atom. The molecule has 0 bridgehead atoms. The van der Waals surface area contributed by atoms with Crippen molar-refractivity contribution in [3.63, 3.8) is 0 Å². The fourth-order valence-corrected chi connectivity index (χ4v) is 2.42. The maximum Gasteiger partial charge on any atom is -0.00231 e. The third-order valence-electron chi connectivity index (χ3n) is 3.41. The second kappa shape index (κ2) is 5.61. The molecule has 2 rings (SSSR count). The van der Waals surface area contributed by atoms with Gasteiger partial charge in [0.05, 0.1) is 0 Å². The summed E-state index contributed by atoms with van der Waals surface area (Å²) in [6.07, 6.45) is 2.17. The van der Waals surface area contributed by atoms with E-state index in [1.165, 1.54) is 22.3 Å². The highest BCUT2D eigenvalue weighted by Crippen LogP contribution is 2.21. The first-order valence-corrected chi connectivity index (χ1v) is 7.06. The lowest BCUT2D eigenvalue weighted by molar-refractivity contribution is 0.411. The Morgan fingerprint density at radius 3 is 1.95 bits per heavy atom. The summed E-state index contributed by atoms with van der Waals surface area (Å²) in [6.45, 7) is 9.04. The summed E-state index contributed by atoms with van der Waals surface area (Å²) >= 11 is 0. The van der Waals surface area contributed by atoms with E-state index < -0.39 is 0 Å². The Morgan fingerprint density at radius 1 is 0.789 bits per heavy atom. The zero-order chi connectivity index (χ0) is 13.9. The van der Waals surface area contributed by atoms with Crippen molar-refractivity contribution in [1.82, 2.24) is 0 Å². The maximum absolute atomic E-state index is 2.29. The number of hydrogen-bond donors (Lipinski definition) is 0. The van der Waals surface area contributed by atoms with Crippen molar-refractivity contribution in [2.45, 2.75) is 40.5 Å². The van der Waals surface area contributed by atoms with Gasteiger partial charge in [-0.1, -0.05) is 69.3 Å². The number of rotatable bonds is 3. The van der Waals surface area contributed by atoms with Gasteiger partial charge in [0, 0.05) is 0 Å². The quantitative estimate of drug-likeness (QED) is 0.706. The van der Waals surface area contributed by atoms with E-state index in [0.717, 1.165) is 12.8 Å². The molecule has 0 N–H and O–H groups in total. The summed E-state index contributed by atoms with van der Waals surface area (Å²) in [5.74, 6) is 0. The highest BCUT2D eigenvalue weighted by atomic mass is 14.2. The summed E-state index contributed by atoms with van der Waals surface area (Å²) in [6, 6.07) is 17.7. The average molecular weight is 252 g/mol. The van der Waals surface area contributed by atoms with Crippen molar-refractivity contribution in [2.75, 3.05) is 0 Å². The molecule has 0 amide bonds. The Balaban J connectivity index is 2.09. The van der Waals surface area contributed by atoms with Crippen LogP contribution in [0.1, 0.15) is 43.0 Å². The van der Waals surface area contributed by atoms with E-state index in [9.17, 15) is 0 Å². The molecule has 19 heavy (non-hydrogen) atoms. The maximum atomic E-state index is 2.29. The summed E-state index contributed by atoms with van der Waals surface area (Å²) in [7, 11) is 0. The van der Waals surface area contributed by atoms with Gasteiger partial charge in [-0.3, -0.25) is 0 Å². The first-order chi connectivity index (χ1) is 8.94. The molecule has 0 nitrogen and oxygen atoms in total. The Bertz CT molecular complexity index is 527. The highest BCUT2D eigenvalue weighted by molar-refractivity contribution is 5.33. The van der Waals surface area contributed by atoms with Gasteiger partial charge in [0.25, 0.3) is 0 Å². The topological polar surface area (TPSA) is 0 Å². The summed E-state index contributed by atoms with van der Waals surface area (Å²) < 4.78 is 0. The minimum absolute atomic E-state index is 0.359. The molecule has 0 saturated heterocycles. The predicted octanol–water partition coefficient (Wildman–Crippen LogP) is 5.17. The molecule has 0 aromatic heterocycles. The molecule has 0 heterocycles. The zero-order valence-electron chi connectivity index (χ0n) is 12.5. The molecule has 0 spiro atoms. The van der Waals surface area contributed by atoms with E-state index in [0.29, 0.717) is 5.41 Å². The molecule has 0 radical (unpaired) electrons. The molecule has 0 heteroatoms. The monoisotopic (exact) mass is 252 g/mol. The minimum atomic E-state index is 0.359. The highest BCUT2D eigenvalue weighted by Gasteiger charge is 2.10. The van der Waals surface area contributed by atoms with Crippen LogP contribution >= 0.6 is 0 Å². The molecular formula is C19H24. The van der Waals surface area contributed by atoms with Crippen LogP contribution in [0, 0.1) is 12.3 Å². The van der Waals surface area contributed by atoms with Crippen molar-refractivity contribution in [3.05, 3.63) is 70.8 Å². The van der Waals surface area contributed by atoms with Crippen LogP contribution in [-0.2, 0) is 12.8 Å². The Labute approximate surface area is 117 Å². The van der Waals surface area contributed by atoms with Gasteiger partial charge in [-0.15, -0.1) is 0 Å². The predicted molar refractivity (Wildman–Crippen MR) is 83.6 cm³/mol. The SMILES string of the molecule is Cc1ccccc1Cc1ccc(CC(C)(C)C)cc1. The molecule has 0 aliphatic carbocycles. The number of aryl methyl sites for hydroxylation is 1. The normalized spacial score (nSPS) is 11.6. The van der Waals surface area contributed by atoms with Crippen LogP contribution < -0.4 is 0 Å². The van der Waals surface area contributed by atoms with E-state index in [4.69, 9.17) is 0 Å². The van der Waals surface area contributed by atoms with E-state index in [1.807, 2.05) is 0 Å². The van der Waals surface area contributed by atoms with Crippen LogP contribution in [-0.4, -0.2) is 0 Å². The van der Waals surface area contributed by atoms with E-state index >= 15 is 0 Å². The Kier molecular flexibility index (Phi) is 4.09. The van der Waals surface area contributed by atoms with Gasteiger partial charge < -0.3 is 0 Å². The van der Waals surface area contributed by atoms with Crippen molar-refractivity contribution < 1.29 is 0 Å². The van der Waals surface area contributed by atoms with Crippen LogP contribution in [0.25, 0.3) is 0 Å². The van der Waals surface area contributed by atoms with Crippen LogP contribution in [0.4, 0.5) is 0 Å². The van der Waals surface area contributed by atoms with Crippen LogP contribution in [0.3, 0.4) is 0 Å². The Hall–Kier alpha value is -1.56. The zero-order valence-corrected chi connectivity index (χ0v) is 12.5. The van der Waals surface area contributed by atoms with Crippen molar-refractivity contribution in [1.29, 1.82) is 0 Å². The lowest BCUT2D eigenvalue weighted by Gasteiger charge is -2.18. The average Bonchev–Trinajstić information content (AvgIpc) is 2.33. The van der Waals surface area contributed by atoms with Crippen LogP contribution in [0.15, 0.2) is 48.5 Å². The van der Waals surface area contributed by atoms with Gasteiger partial charge in [0.15, 0.2) is 0 Å². The van der Waals surface area contributed by atoms with Gasteiger partial charge in [-0.25, -0.2) is 0 Å². The molecule has 2 aromatic rings. The van der Waals surface area contributed by atoms with E-state index in [2.05, 4.69) is 76.2 Å². The van der Waals surface area contributed by atoms with Crippen LogP contribution in [0.5, 0.6) is 0 Å². The van der Waals surface area contributed by atoms with Gasteiger partial charge in [0.1, 0.15) is 0 Å². The molecule has 100 valence electrons. The third kappa shape index (κ3) is 4.24. The first kappa shape index (κ1) is 13.9. The first-order valence-electron chi connectivity index (χ1n) is 7.06. The fraction of sp³-hybridized carbons (Fsp3) is 0.368. The standard InChI is InChI=1S/C19H24/c1-15-7-5-6-8-18(15)13-16-9-11-17(12-10-16)14-19(2,3)4/h5-12H,13-14H2,1-4H3. The summed E-state index contributed by atoms with van der Waals surface area (Å²) in [4.78, 5) is 0. The van der Waals surface area contributed by atoms with Crippen molar-refractivity contribution in [2.24, 2.45) is 5.41 Å². The lowest BCUT2D eigenvalue weighted by atomic mass is 9.87. The molecule has 2 aromatic carbocycles. The molecule has 0 saturated carbocycles. The second-order valence-electron chi connectivity index (χ2n) is 6.66. The molecule has 0 unspecified atom stereocenters. The molecular weight excluding hydrogens is 228 g/mol. The van der Waals surface area contributed by atoms with Gasteiger partial charge in [0.2, 0.25) is 0 Å². The van der Waals surface area contributed by atoms with Crippen LogP contribution in [0.2, 0.25) is 0 Å².